The van der Waals surface area contributed by atoms with Crippen LogP contribution in [0.4, 0.5) is 5.69 Å². The van der Waals surface area contributed by atoms with Crippen LogP contribution in [0.15, 0.2) is 54.6 Å². The van der Waals surface area contributed by atoms with Gasteiger partial charge in [0.15, 0.2) is 0 Å². The van der Waals surface area contributed by atoms with E-state index in [4.69, 9.17) is 0 Å². The minimum absolute atomic E-state index is 0.0941. The van der Waals surface area contributed by atoms with Crippen LogP contribution in [0.1, 0.15) is 26.2 Å². The van der Waals surface area contributed by atoms with Gasteiger partial charge in [0.2, 0.25) is 5.91 Å². The van der Waals surface area contributed by atoms with Crippen molar-refractivity contribution >= 4 is 11.6 Å². The van der Waals surface area contributed by atoms with Gasteiger partial charge < -0.3 is 10.2 Å². The van der Waals surface area contributed by atoms with Gasteiger partial charge in [-0.1, -0.05) is 55.5 Å². The van der Waals surface area contributed by atoms with Gasteiger partial charge in [0.25, 0.3) is 0 Å². The Balaban J connectivity index is 1.61. The number of nitrogens with one attached hydrogen (secondary N) is 1. The first-order chi connectivity index (χ1) is 11.7. The van der Waals surface area contributed by atoms with Crippen molar-refractivity contribution in [3.05, 3.63) is 54.6 Å². The van der Waals surface area contributed by atoms with E-state index in [0.29, 0.717) is 6.42 Å². The van der Waals surface area contributed by atoms with E-state index in [-0.39, 0.29) is 5.91 Å². The molecule has 24 heavy (non-hydrogen) atoms. The molecule has 2 aromatic rings. The van der Waals surface area contributed by atoms with Gasteiger partial charge in [-0.25, -0.2) is 0 Å². The van der Waals surface area contributed by atoms with E-state index in [2.05, 4.69) is 35.3 Å². The number of piperidine rings is 1. The van der Waals surface area contributed by atoms with Crippen LogP contribution in [0.3, 0.4) is 0 Å². The molecule has 0 aliphatic carbocycles. The fraction of sp³-hybridized carbons (Fsp3) is 0.381. The molecule has 1 heterocycles. The first kappa shape index (κ1) is 16.7. The molecular formula is C21H26N2O. The highest BCUT2D eigenvalue weighted by Crippen LogP contribution is 2.27. The summed E-state index contributed by atoms with van der Waals surface area (Å²) < 4.78 is 0. The largest absolute Gasteiger partial charge is 0.325 e. The molecule has 1 fully saturated rings. The molecule has 0 radical (unpaired) electrons. The molecule has 2 aromatic carbocycles. The Morgan fingerprint density at radius 3 is 2.67 bits per heavy atom. The Bertz CT molecular complexity index is 669. The maximum absolute atomic E-state index is 12.4. The van der Waals surface area contributed by atoms with Crippen molar-refractivity contribution in [3.63, 3.8) is 0 Å². The first-order valence-electron chi connectivity index (χ1n) is 8.89. The van der Waals surface area contributed by atoms with Crippen molar-refractivity contribution < 1.29 is 4.79 Å². The molecule has 3 nitrogen and oxygen atoms in total. The summed E-state index contributed by atoms with van der Waals surface area (Å²) in [5.74, 6) is 0.845. The lowest BCUT2D eigenvalue weighted by molar-refractivity contribution is -0.116. The topological polar surface area (TPSA) is 32.3 Å². The lowest BCUT2D eigenvalue weighted by Crippen LogP contribution is -2.36. The highest BCUT2D eigenvalue weighted by molar-refractivity contribution is 5.95. The molecule has 0 saturated carbocycles. The van der Waals surface area contributed by atoms with Gasteiger partial charge in [-0.2, -0.15) is 0 Å². The van der Waals surface area contributed by atoms with Crippen LogP contribution < -0.4 is 5.32 Å². The van der Waals surface area contributed by atoms with Gasteiger partial charge in [-0.05, 0) is 36.9 Å². The van der Waals surface area contributed by atoms with Crippen LogP contribution in [0.2, 0.25) is 0 Å². The Kier molecular flexibility index (Phi) is 5.65. The van der Waals surface area contributed by atoms with Gasteiger partial charge >= 0.3 is 0 Å². The molecule has 1 aliphatic rings. The Morgan fingerprint density at radius 2 is 1.88 bits per heavy atom. The van der Waals surface area contributed by atoms with Crippen molar-refractivity contribution in [2.24, 2.45) is 5.92 Å². The fourth-order valence-electron chi connectivity index (χ4n) is 3.42. The predicted molar refractivity (Wildman–Crippen MR) is 100.0 cm³/mol. The summed E-state index contributed by atoms with van der Waals surface area (Å²) in [5, 5.41) is 3.09. The minimum atomic E-state index is 0.0941. The monoisotopic (exact) mass is 322 g/mol. The van der Waals surface area contributed by atoms with E-state index < -0.39 is 0 Å². The number of rotatable bonds is 5. The summed E-state index contributed by atoms with van der Waals surface area (Å²) in [6.45, 7) is 5.39. The summed E-state index contributed by atoms with van der Waals surface area (Å²) >= 11 is 0. The Labute approximate surface area is 144 Å². The SMILES string of the molecule is C[C@H]1CCCN(CCC(=O)Nc2ccccc2-c2ccccc2)C1. The third-order valence-electron chi connectivity index (χ3n) is 4.68. The Hall–Kier alpha value is -2.13. The predicted octanol–water partition coefficient (Wildman–Crippen LogP) is 4.41. The smallest absolute Gasteiger partial charge is 0.225 e. The van der Waals surface area contributed by atoms with Crippen LogP contribution in [0, 0.1) is 5.92 Å². The maximum atomic E-state index is 12.4. The van der Waals surface area contributed by atoms with Crippen LogP contribution in [-0.2, 0) is 4.79 Å². The highest BCUT2D eigenvalue weighted by Gasteiger charge is 2.17. The molecule has 1 aliphatic heterocycles. The molecule has 126 valence electrons. The first-order valence-corrected chi connectivity index (χ1v) is 8.89. The maximum Gasteiger partial charge on any atom is 0.225 e. The number of carbonyl (C=O) groups excluding carboxylic acids is 1. The van der Waals surface area contributed by atoms with E-state index in [9.17, 15) is 4.79 Å². The van der Waals surface area contributed by atoms with Gasteiger partial charge in [0.1, 0.15) is 0 Å². The van der Waals surface area contributed by atoms with Crippen LogP contribution in [0.5, 0.6) is 0 Å². The molecular weight excluding hydrogens is 296 g/mol. The van der Waals surface area contributed by atoms with Gasteiger partial charge in [-0.3, -0.25) is 4.79 Å². The lowest BCUT2D eigenvalue weighted by Gasteiger charge is -2.30. The molecule has 3 heteroatoms. The average molecular weight is 322 g/mol. The number of amides is 1. The van der Waals surface area contributed by atoms with E-state index in [1.807, 2.05) is 36.4 Å². The third-order valence-corrected chi connectivity index (χ3v) is 4.68. The quantitative estimate of drug-likeness (QED) is 0.884. The van der Waals surface area contributed by atoms with Crippen molar-refractivity contribution in [3.8, 4) is 11.1 Å². The molecule has 1 saturated heterocycles. The van der Waals surface area contributed by atoms with Gasteiger partial charge in [0.05, 0.1) is 0 Å². The number of carbonyl (C=O) groups is 1. The van der Waals surface area contributed by atoms with Crippen LogP contribution in [0.25, 0.3) is 11.1 Å². The van der Waals surface area contributed by atoms with Crippen molar-refractivity contribution in [2.45, 2.75) is 26.2 Å². The van der Waals surface area contributed by atoms with E-state index in [1.54, 1.807) is 0 Å². The van der Waals surface area contributed by atoms with Gasteiger partial charge in [0, 0.05) is 30.8 Å². The molecule has 3 rings (SSSR count). The number of benzene rings is 2. The summed E-state index contributed by atoms with van der Waals surface area (Å²) in [6, 6.07) is 18.2. The molecule has 1 amide bonds. The molecule has 0 bridgehead atoms. The third kappa shape index (κ3) is 4.45. The summed E-state index contributed by atoms with van der Waals surface area (Å²) in [5.41, 5.74) is 3.08. The van der Waals surface area contributed by atoms with Crippen LogP contribution >= 0.6 is 0 Å². The molecule has 0 spiro atoms. The van der Waals surface area contributed by atoms with E-state index in [1.165, 1.54) is 12.8 Å². The van der Waals surface area contributed by atoms with Crippen molar-refractivity contribution in [1.29, 1.82) is 0 Å². The lowest BCUT2D eigenvalue weighted by atomic mass is 10.0. The van der Waals surface area contributed by atoms with Crippen molar-refractivity contribution in [1.82, 2.24) is 4.90 Å². The number of para-hydroxylation sites is 1. The number of hydrogen-bond acceptors (Lipinski definition) is 2. The highest BCUT2D eigenvalue weighted by atomic mass is 16.1. The second-order valence-corrected chi connectivity index (χ2v) is 6.76. The average Bonchev–Trinajstić information content (AvgIpc) is 2.61. The van der Waals surface area contributed by atoms with Crippen LogP contribution in [-0.4, -0.2) is 30.4 Å². The normalized spacial score (nSPS) is 18.3. The minimum Gasteiger partial charge on any atom is -0.325 e. The number of hydrogen-bond donors (Lipinski definition) is 1. The molecule has 1 atom stereocenters. The number of likely N-dealkylation sites (tertiary alicyclic amines) is 1. The zero-order valence-electron chi connectivity index (χ0n) is 14.4. The van der Waals surface area contributed by atoms with Gasteiger partial charge in [-0.15, -0.1) is 0 Å². The molecule has 0 aromatic heterocycles. The Morgan fingerprint density at radius 1 is 1.12 bits per heavy atom. The van der Waals surface area contributed by atoms with Crippen molar-refractivity contribution in [2.75, 3.05) is 25.0 Å². The fourth-order valence-corrected chi connectivity index (χ4v) is 3.42. The zero-order chi connectivity index (χ0) is 16.8. The van der Waals surface area contributed by atoms with E-state index >= 15 is 0 Å². The number of nitrogens with zero attached hydrogens (tertiary/aromatic N) is 1. The second kappa shape index (κ2) is 8.11. The molecule has 1 N–H and O–H groups in total. The zero-order valence-corrected chi connectivity index (χ0v) is 14.4. The summed E-state index contributed by atoms with van der Waals surface area (Å²) in [6.07, 6.45) is 3.11. The second-order valence-electron chi connectivity index (χ2n) is 6.76. The summed E-state index contributed by atoms with van der Waals surface area (Å²) in [7, 11) is 0. The summed E-state index contributed by atoms with van der Waals surface area (Å²) in [4.78, 5) is 14.8. The standard InChI is InChI=1S/C21H26N2O/c1-17-8-7-14-23(16-17)15-13-21(24)22-20-12-6-5-11-19(20)18-9-3-2-4-10-18/h2-6,9-12,17H,7-8,13-16H2,1H3,(H,22,24)/t17-/m0/s1. The molecule has 0 unspecified atom stereocenters. The van der Waals surface area contributed by atoms with E-state index in [0.717, 1.165) is 42.4 Å². The number of anilines is 1.